The SMILES string of the molecule is NC(=O)[C@H](Cc1ccccc1)NC(=O)[C@H](CCCN=C(N)N)NS(=O)(=O)c1ccc(C(F)(F)F)cc1[N+](=O)[O-]. The van der Waals surface area contributed by atoms with E-state index in [1.807, 2.05) is 4.72 Å². The summed E-state index contributed by atoms with van der Waals surface area (Å²) in [5.41, 5.74) is 13.7. The molecule has 212 valence electrons. The van der Waals surface area contributed by atoms with Gasteiger partial charge in [0, 0.05) is 19.0 Å². The Morgan fingerprint density at radius 2 is 1.69 bits per heavy atom. The monoisotopic (exact) mass is 573 g/mol. The van der Waals surface area contributed by atoms with Crippen LogP contribution in [0.25, 0.3) is 0 Å². The highest BCUT2D eigenvalue weighted by Crippen LogP contribution is 2.34. The Kier molecular flexibility index (Phi) is 10.3. The third-order valence-electron chi connectivity index (χ3n) is 5.27. The van der Waals surface area contributed by atoms with Crippen molar-refractivity contribution in [3.63, 3.8) is 0 Å². The summed E-state index contributed by atoms with van der Waals surface area (Å²) in [7, 11) is -4.93. The van der Waals surface area contributed by atoms with Gasteiger partial charge in [-0.15, -0.1) is 0 Å². The van der Waals surface area contributed by atoms with E-state index in [-0.39, 0.29) is 37.8 Å². The maximum Gasteiger partial charge on any atom is 0.416 e. The fraction of sp³-hybridized carbons (Fsp3) is 0.318. The van der Waals surface area contributed by atoms with Crippen molar-refractivity contribution >= 4 is 33.5 Å². The number of carbonyl (C=O) groups excluding carboxylic acids is 2. The van der Waals surface area contributed by atoms with Crippen LogP contribution in [0.15, 0.2) is 58.4 Å². The first-order valence-corrected chi connectivity index (χ1v) is 12.7. The van der Waals surface area contributed by atoms with E-state index in [4.69, 9.17) is 17.2 Å². The van der Waals surface area contributed by atoms with Crippen LogP contribution in [0.2, 0.25) is 0 Å². The zero-order chi connectivity index (χ0) is 29.4. The summed E-state index contributed by atoms with van der Waals surface area (Å²) in [6, 6.07) is 6.39. The standard InChI is InChI=1S/C22H26F3N7O6S/c23-22(24,25)14-8-9-18(17(12-14)32(35)36)39(37,38)31-15(7-4-10-29-21(27)28)20(34)30-16(19(26)33)11-13-5-2-1-3-6-13/h1-3,5-6,8-9,12,15-16,31H,4,7,10-11H2,(H2,26,33)(H,30,34)(H4,27,28,29)/t15-,16-/m0/s1. The van der Waals surface area contributed by atoms with E-state index in [2.05, 4.69) is 10.3 Å². The van der Waals surface area contributed by atoms with Crippen molar-refractivity contribution in [2.45, 2.75) is 42.4 Å². The average molecular weight is 574 g/mol. The number of benzene rings is 2. The summed E-state index contributed by atoms with van der Waals surface area (Å²) in [5, 5.41) is 13.8. The van der Waals surface area contributed by atoms with Crippen molar-refractivity contribution in [2.24, 2.45) is 22.2 Å². The molecule has 0 saturated carbocycles. The number of guanidine groups is 1. The average Bonchev–Trinajstić information content (AvgIpc) is 2.84. The first kappa shape index (κ1) is 31.0. The molecule has 0 spiro atoms. The second kappa shape index (κ2) is 13.0. The Morgan fingerprint density at radius 1 is 1.05 bits per heavy atom. The highest BCUT2D eigenvalue weighted by atomic mass is 32.2. The van der Waals surface area contributed by atoms with Crippen LogP contribution < -0.4 is 27.2 Å². The molecule has 2 atom stereocenters. The van der Waals surface area contributed by atoms with Gasteiger partial charge in [0.2, 0.25) is 21.8 Å². The molecule has 2 aromatic carbocycles. The second-order valence-corrected chi connectivity index (χ2v) is 9.90. The van der Waals surface area contributed by atoms with Crippen LogP contribution in [0.3, 0.4) is 0 Å². The molecule has 17 heteroatoms. The molecule has 2 amide bonds. The minimum Gasteiger partial charge on any atom is -0.370 e. The van der Waals surface area contributed by atoms with Gasteiger partial charge in [0.25, 0.3) is 5.69 Å². The van der Waals surface area contributed by atoms with Gasteiger partial charge in [-0.25, -0.2) is 8.42 Å². The van der Waals surface area contributed by atoms with Gasteiger partial charge in [0.05, 0.1) is 10.5 Å². The number of nitro groups is 1. The lowest BCUT2D eigenvalue weighted by Crippen LogP contribution is -2.53. The number of hydrogen-bond acceptors (Lipinski definition) is 7. The number of alkyl halides is 3. The van der Waals surface area contributed by atoms with Crippen molar-refractivity contribution in [1.82, 2.24) is 10.0 Å². The minimum absolute atomic E-state index is 0.0280. The maximum absolute atomic E-state index is 13.1. The first-order chi connectivity index (χ1) is 18.1. The lowest BCUT2D eigenvalue weighted by Gasteiger charge is -2.22. The molecule has 0 aliphatic rings. The number of sulfonamides is 1. The van der Waals surface area contributed by atoms with Crippen molar-refractivity contribution < 1.29 is 36.1 Å². The topological polar surface area (TPSA) is 226 Å². The molecule has 0 radical (unpaired) electrons. The highest BCUT2D eigenvalue weighted by molar-refractivity contribution is 7.89. The van der Waals surface area contributed by atoms with E-state index in [9.17, 15) is 41.3 Å². The lowest BCUT2D eigenvalue weighted by molar-refractivity contribution is -0.388. The van der Waals surface area contributed by atoms with E-state index in [1.54, 1.807) is 30.3 Å². The summed E-state index contributed by atoms with van der Waals surface area (Å²) in [4.78, 5) is 37.8. The Hall–Kier alpha value is -4.25. The Balaban J connectivity index is 2.38. The molecule has 2 rings (SSSR count). The Bertz CT molecular complexity index is 1330. The molecule has 8 N–H and O–H groups in total. The van der Waals surface area contributed by atoms with Crippen LogP contribution >= 0.6 is 0 Å². The minimum atomic E-state index is -4.98. The zero-order valence-corrected chi connectivity index (χ0v) is 21.0. The molecular formula is C22H26F3N7O6S. The fourth-order valence-corrected chi connectivity index (χ4v) is 4.79. The number of nitrogens with one attached hydrogen (secondary N) is 2. The maximum atomic E-state index is 13.1. The largest absolute Gasteiger partial charge is 0.416 e. The third-order valence-corrected chi connectivity index (χ3v) is 6.79. The molecule has 0 fully saturated rings. The number of aliphatic imine (C=N–C) groups is 1. The van der Waals surface area contributed by atoms with Crippen LogP contribution in [0.1, 0.15) is 24.0 Å². The smallest absolute Gasteiger partial charge is 0.370 e. The molecule has 39 heavy (non-hydrogen) atoms. The van der Waals surface area contributed by atoms with Gasteiger partial charge in [0.1, 0.15) is 12.1 Å². The van der Waals surface area contributed by atoms with Gasteiger partial charge in [-0.1, -0.05) is 30.3 Å². The zero-order valence-electron chi connectivity index (χ0n) is 20.2. The number of carbonyl (C=O) groups is 2. The van der Waals surface area contributed by atoms with Gasteiger partial charge in [-0.2, -0.15) is 17.9 Å². The molecular weight excluding hydrogens is 547 g/mol. The first-order valence-electron chi connectivity index (χ1n) is 11.2. The van der Waals surface area contributed by atoms with Gasteiger partial charge in [0.15, 0.2) is 10.9 Å². The number of nitro benzene ring substituents is 1. The van der Waals surface area contributed by atoms with Crippen LogP contribution in [0.4, 0.5) is 18.9 Å². The van der Waals surface area contributed by atoms with Crippen LogP contribution in [-0.2, 0) is 32.2 Å². The summed E-state index contributed by atoms with van der Waals surface area (Å²) < 4.78 is 67.2. The number of amides is 2. The summed E-state index contributed by atoms with van der Waals surface area (Å²) in [6.07, 6.45) is -5.23. The predicted octanol–water partition coefficient (Wildman–Crippen LogP) is 0.527. The number of nitrogens with zero attached hydrogens (tertiary/aromatic N) is 2. The molecule has 0 aromatic heterocycles. The summed E-state index contributed by atoms with van der Waals surface area (Å²) in [5.74, 6) is -2.21. The Morgan fingerprint density at radius 3 is 2.23 bits per heavy atom. The van der Waals surface area contributed by atoms with E-state index in [0.717, 1.165) is 0 Å². The normalized spacial score (nSPS) is 13.2. The number of halogens is 3. The summed E-state index contributed by atoms with van der Waals surface area (Å²) >= 11 is 0. The van der Waals surface area contributed by atoms with E-state index in [0.29, 0.717) is 17.7 Å². The van der Waals surface area contributed by atoms with Crippen molar-refractivity contribution in [3.05, 3.63) is 69.8 Å². The molecule has 0 heterocycles. The van der Waals surface area contributed by atoms with Gasteiger partial charge in [-0.05, 0) is 30.5 Å². The number of primary amides is 1. The molecule has 0 aliphatic heterocycles. The predicted molar refractivity (Wildman–Crippen MR) is 133 cm³/mol. The van der Waals surface area contributed by atoms with Crippen molar-refractivity contribution in [1.29, 1.82) is 0 Å². The van der Waals surface area contributed by atoms with Crippen molar-refractivity contribution in [2.75, 3.05) is 6.54 Å². The molecule has 0 bridgehead atoms. The molecule has 0 aliphatic carbocycles. The number of nitrogens with two attached hydrogens (primary N) is 3. The van der Waals surface area contributed by atoms with Gasteiger partial charge < -0.3 is 22.5 Å². The fourth-order valence-electron chi connectivity index (χ4n) is 3.41. The molecule has 0 unspecified atom stereocenters. The van der Waals surface area contributed by atoms with Crippen LogP contribution in [0, 0.1) is 10.1 Å². The van der Waals surface area contributed by atoms with E-state index >= 15 is 0 Å². The second-order valence-electron chi connectivity index (χ2n) is 8.21. The van der Waals surface area contributed by atoms with Gasteiger partial charge in [-0.3, -0.25) is 24.7 Å². The lowest BCUT2D eigenvalue weighted by atomic mass is 10.0. The molecule has 2 aromatic rings. The quantitative estimate of drug-likeness (QED) is 0.0744. The van der Waals surface area contributed by atoms with Crippen LogP contribution in [0.5, 0.6) is 0 Å². The Labute approximate surface area is 220 Å². The van der Waals surface area contributed by atoms with E-state index in [1.165, 1.54) is 0 Å². The van der Waals surface area contributed by atoms with Gasteiger partial charge >= 0.3 is 6.18 Å². The highest BCUT2D eigenvalue weighted by Gasteiger charge is 2.37. The van der Waals surface area contributed by atoms with Crippen LogP contribution in [-0.4, -0.2) is 49.7 Å². The molecule has 13 nitrogen and oxygen atoms in total. The van der Waals surface area contributed by atoms with E-state index < -0.39 is 61.2 Å². The third kappa shape index (κ3) is 9.22. The summed E-state index contributed by atoms with van der Waals surface area (Å²) in [6.45, 7) is -0.0302. The molecule has 0 saturated heterocycles. The number of hydrogen-bond donors (Lipinski definition) is 5. The number of rotatable bonds is 13. The van der Waals surface area contributed by atoms with Crippen molar-refractivity contribution in [3.8, 4) is 0 Å².